The van der Waals surface area contributed by atoms with Crippen molar-refractivity contribution in [3.05, 3.63) is 119 Å². The Morgan fingerprint density at radius 1 is 0.868 bits per heavy atom. The van der Waals surface area contributed by atoms with Crippen LogP contribution in [0.15, 0.2) is 93.2 Å². The van der Waals surface area contributed by atoms with E-state index in [0.717, 1.165) is 27.8 Å². The van der Waals surface area contributed by atoms with Crippen molar-refractivity contribution >= 4 is 26.8 Å². The van der Waals surface area contributed by atoms with Gasteiger partial charge in [-0.15, -0.1) is 20.4 Å². The molecule has 190 valence electrons. The maximum atomic E-state index is 13.2. The highest BCUT2D eigenvalue weighted by Crippen LogP contribution is 2.32. The fourth-order valence-corrected chi connectivity index (χ4v) is 3.90. The van der Waals surface area contributed by atoms with E-state index in [1.54, 1.807) is 18.3 Å². The van der Waals surface area contributed by atoms with Gasteiger partial charge < -0.3 is 13.6 Å². The Balaban J connectivity index is 0.000000190. The van der Waals surface area contributed by atoms with Gasteiger partial charge in [0.2, 0.25) is 24.8 Å². The van der Waals surface area contributed by atoms with Crippen molar-refractivity contribution in [2.24, 2.45) is 0 Å². The molecule has 0 radical (unpaired) electrons. The first kappa shape index (κ1) is 25.0. The molecular weight excluding hydrogens is 564 g/mol. The third-order valence-electron chi connectivity index (χ3n) is 5.03. The van der Waals surface area contributed by atoms with Crippen molar-refractivity contribution in [2.75, 3.05) is 0 Å². The highest BCUT2D eigenvalue weighted by molar-refractivity contribution is 9.10. The second kappa shape index (κ2) is 11.6. The van der Waals surface area contributed by atoms with Gasteiger partial charge in [-0.25, -0.2) is 8.78 Å². The third-order valence-corrected chi connectivity index (χ3v) is 5.64. The zero-order valence-electron chi connectivity index (χ0n) is 19.3. The number of pyridine rings is 3. The molecule has 6 aromatic rings. The largest absolute Gasteiger partial charge is 0.474 e. The van der Waals surface area contributed by atoms with E-state index in [4.69, 9.17) is 13.6 Å². The van der Waals surface area contributed by atoms with Crippen LogP contribution in [-0.2, 0) is 6.42 Å². The number of ether oxygens (including phenoxy) is 1. The summed E-state index contributed by atoms with van der Waals surface area (Å²) in [5.74, 6) is 0.462. The minimum absolute atomic E-state index is 0.224. The van der Waals surface area contributed by atoms with E-state index >= 15 is 0 Å². The van der Waals surface area contributed by atoms with Gasteiger partial charge in [0.25, 0.3) is 5.89 Å². The summed E-state index contributed by atoms with van der Waals surface area (Å²) in [6, 6.07) is 13.2. The summed E-state index contributed by atoms with van der Waals surface area (Å²) >= 11 is 3.49. The first-order valence-corrected chi connectivity index (χ1v) is 11.8. The van der Waals surface area contributed by atoms with Gasteiger partial charge in [-0.05, 0) is 58.4 Å². The zero-order chi connectivity index (χ0) is 26.3. The van der Waals surface area contributed by atoms with Gasteiger partial charge in [-0.1, -0.05) is 6.07 Å². The lowest BCUT2D eigenvalue weighted by atomic mass is 10.2. The van der Waals surface area contributed by atoms with Gasteiger partial charge in [0.1, 0.15) is 17.4 Å². The van der Waals surface area contributed by atoms with Crippen molar-refractivity contribution < 1.29 is 22.4 Å². The molecule has 0 saturated carbocycles. The van der Waals surface area contributed by atoms with Gasteiger partial charge in [-0.3, -0.25) is 15.0 Å². The van der Waals surface area contributed by atoms with Crippen LogP contribution in [0.25, 0.3) is 10.9 Å². The van der Waals surface area contributed by atoms with E-state index in [9.17, 15) is 8.78 Å². The fourth-order valence-electron chi connectivity index (χ4n) is 3.34. The van der Waals surface area contributed by atoms with Gasteiger partial charge in [0, 0.05) is 21.7 Å². The number of hydrogen-bond donors (Lipinski definition) is 0. The van der Waals surface area contributed by atoms with E-state index in [1.165, 1.54) is 31.0 Å². The summed E-state index contributed by atoms with van der Waals surface area (Å²) in [6.07, 6.45) is 6.11. The summed E-state index contributed by atoms with van der Waals surface area (Å²) in [5, 5.41) is 15.7. The van der Waals surface area contributed by atoms with Crippen LogP contribution in [0.5, 0.6) is 5.75 Å². The quantitative estimate of drug-likeness (QED) is 0.257. The predicted octanol–water partition coefficient (Wildman–Crippen LogP) is 5.28. The molecular formula is C25H16BrF2N7O3. The van der Waals surface area contributed by atoms with Crippen LogP contribution in [0.4, 0.5) is 8.78 Å². The van der Waals surface area contributed by atoms with Crippen LogP contribution < -0.4 is 4.74 Å². The molecule has 6 rings (SSSR count). The monoisotopic (exact) mass is 579 g/mol. The van der Waals surface area contributed by atoms with Crippen molar-refractivity contribution in [3.8, 4) is 5.75 Å². The van der Waals surface area contributed by atoms with Gasteiger partial charge in [0.15, 0.2) is 0 Å². The van der Waals surface area contributed by atoms with Crippen molar-refractivity contribution in [1.82, 2.24) is 35.3 Å². The molecule has 5 heterocycles. The minimum Gasteiger partial charge on any atom is -0.474 e. The van der Waals surface area contributed by atoms with Crippen LogP contribution in [-0.4, -0.2) is 35.3 Å². The number of hydrogen-bond acceptors (Lipinski definition) is 10. The Hall–Kier alpha value is -4.65. The van der Waals surface area contributed by atoms with Crippen molar-refractivity contribution in [1.29, 1.82) is 0 Å². The van der Waals surface area contributed by atoms with Crippen LogP contribution in [0.3, 0.4) is 0 Å². The normalized spacial score (nSPS) is 11.6. The Labute approximate surface area is 221 Å². The molecule has 5 aromatic heterocycles. The van der Waals surface area contributed by atoms with Crippen molar-refractivity contribution in [3.63, 3.8) is 0 Å². The van der Waals surface area contributed by atoms with E-state index in [2.05, 4.69) is 51.3 Å². The first-order chi connectivity index (χ1) is 18.5. The summed E-state index contributed by atoms with van der Waals surface area (Å²) in [7, 11) is 0. The lowest BCUT2D eigenvalue weighted by molar-refractivity contribution is 0.203. The number of fused-ring (bicyclic) bond motifs is 1. The lowest BCUT2D eigenvalue weighted by Crippen LogP contribution is -2.12. The zero-order valence-corrected chi connectivity index (χ0v) is 20.9. The van der Waals surface area contributed by atoms with E-state index < -0.39 is 11.9 Å². The first-order valence-electron chi connectivity index (χ1n) is 11.0. The maximum Gasteiger partial charge on any atom is 0.263 e. The van der Waals surface area contributed by atoms with Crippen LogP contribution >= 0.6 is 15.9 Å². The number of rotatable bonds is 6. The molecule has 38 heavy (non-hydrogen) atoms. The Morgan fingerprint density at radius 3 is 2.34 bits per heavy atom. The topological polar surface area (TPSA) is 126 Å². The molecule has 0 amide bonds. The third kappa shape index (κ3) is 6.18. The van der Waals surface area contributed by atoms with E-state index in [-0.39, 0.29) is 11.7 Å². The van der Waals surface area contributed by atoms with Gasteiger partial charge >= 0.3 is 0 Å². The lowest BCUT2D eigenvalue weighted by Gasteiger charge is -2.16. The average Bonchev–Trinajstić information content (AvgIpc) is 3.65. The molecule has 0 bridgehead atoms. The van der Waals surface area contributed by atoms with Crippen LogP contribution in [0, 0.1) is 11.6 Å². The van der Waals surface area contributed by atoms with E-state index in [0.29, 0.717) is 29.4 Å². The van der Waals surface area contributed by atoms with Gasteiger partial charge in [-0.2, -0.15) is 0 Å². The molecule has 0 saturated heterocycles. The average molecular weight is 580 g/mol. The Morgan fingerprint density at radius 2 is 1.66 bits per heavy atom. The SMILES string of the molecule is Fc1ccc(C(Oc2cc(Br)c3ncccc3c2)c2nnco2)nc1.Fc1ccc(Cc2nnco2)nc1. The molecule has 1 unspecified atom stereocenters. The van der Waals surface area contributed by atoms with Crippen LogP contribution in [0.2, 0.25) is 0 Å². The molecule has 1 aromatic carbocycles. The van der Waals surface area contributed by atoms with Gasteiger partial charge in [0.05, 0.1) is 30.0 Å². The second-order valence-corrected chi connectivity index (χ2v) is 8.49. The number of aromatic nitrogens is 7. The highest BCUT2D eigenvalue weighted by atomic mass is 79.9. The fraction of sp³-hybridized carbons (Fsp3) is 0.0800. The molecule has 0 fully saturated rings. The second-order valence-electron chi connectivity index (χ2n) is 7.63. The number of halogens is 3. The summed E-state index contributed by atoms with van der Waals surface area (Å²) < 4.78 is 42.6. The standard InChI is InChI=1S/C17H10BrFN4O2.C8H6FN3O/c18-13-7-12(6-10-2-1-5-20-15(10)13)25-16(17-23-22-9-24-17)14-4-3-11(19)8-21-14;9-6-1-2-7(10-4-6)3-8-12-11-5-13-8/h1-9,16H;1-2,4-5H,3H2. The Kier molecular flexibility index (Phi) is 7.64. The summed E-state index contributed by atoms with van der Waals surface area (Å²) in [4.78, 5) is 12.2. The van der Waals surface area contributed by atoms with Crippen LogP contribution in [0.1, 0.15) is 29.3 Å². The molecule has 0 N–H and O–H groups in total. The molecule has 0 aliphatic carbocycles. The Bertz CT molecular complexity index is 1600. The van der Waals surface area contributed by atoms with Crippen molar-refractivity contribution in [2.45, 2.75) is 12.5 Å². The molecule has 10 nitrogen and oxygen atoms in total. The predicted molar refractivity (Wildman–Crippen MR) is 132 cm³/mol. The maximum absolute atomic E-state index is 13.2. The van der Waals surface area contributed by atoms with E-state index in [1.807, 2.05) is 18.2 Å². The molecule has 0 spiro atoms. The molecule has 0 aliphatic rings. The number of nitrogens with zero attached hydrogens (tertiary/aromatic N) is 7. The molecule has 13 heteroatoms. The number of benzene rings is 1. The summed E-state index contributed by atoms with van der Waals surface area (Å²) in [5.41, 5.74) is 1.97. The molecule has 0 aliphatic heterocycles. The molecule has 1 atom stereocenters. The smallest absolute Gasteiger partial charge is 0.263 e. The minimum atomic E-state index is -0.760. The highest BCUT2D eigenvalue weighted by Gasteiger charge is 2.23. The summed E-state index contributed by atoms with van der Waals surface area (Å²) in [6.45, 7) is 0.